The van der Waals surface area contributed by atoms with Gasteiger partial charge in [0.25, 0.3) is 5.69 Å². The monoisotopic (exact) mass is 281 g/mol. The highest BCUT2D eigenvalue weighted by Gasteiger charge is 2.24. The first kappa shape index (κ1) is 14.7. The zero-order valence-corrected chi connectivity index (χ0v) is 11.8. The Hall–Kier alpha value is -1.69. The first-order chi connectivity index (χ1) is 9.47. The molecule has 20 heavy (non-hydrogen) atoms. The van der Waals surface area contributed by atoms with Crippen LogP contribution in [0.3, 0.4) is 0 Å². The number of rotatable bonds is 5. The van der Waals surface area contributed by atoms with Gasteiger partial charge in [0.05, 0.1) is 16.7 Å². The third kappa shape index (κ3) is 3.45. The standard InChI is InChI=1S/C14H20FN3O2/c1-10(2)17-6-5-11(9-17)8-16-14-4-3-12(18(19)20)7-13(14)15/h3-4,7,10-11,16H,5-6,8-9H2,1-2H3. The van der Waals surface area contributed by atoms with Gasteiger partial charge in [-0.3, -0.25) is 10.1 Å². The van der Waals surface area contributed by atoms with Crippen LogP contribution in [0.15, 0.2) is 18.2 Å². The molecule has 1 fully saturated rings. The van der Waals surface area contributed by atoms with Crippen molar-refractivity contribution in [1.82, 2.24) is 4.90 Å². The van der Waals surface area contributed by atoms with Gasteiger partial charge in [-0.1, -0.05) is 0 Å². The summed E-state index contributed by atoms with van der Waals surface area (Å²) in [7, 11) is 0. The fourth-order valence-corrected chi connectivity index (χ4v) is 2.51. The molecule has 0 radical (unpaired) electrons. The average Bonchev–Trinajstić information content (AvgIpc) is 2.86. The second-order valence-electron chi connectivity index (χ2n) is 5.55. The molecule has 1 heterocycles. The zero-order valence-electron chi connectivity index (χ0n) is 11.8. The predicted octanol–water partition coefficient (Wildman–Crippen LogP) is 2.88. The number of nitro benzene ring substituents is 1. The van der Waals surface area contributed by atoms with E-state index in [-0.39, 0.29) is 5.69 Å². The van der Waals surface area contributed by atoms with Crippen molar-refractivity contribution in [3.63, 3.8) is 0 Å². The first-order valence-electron chi connectivity index (χ1n) is 6.89. The van der Waals surface area contributed by atoms with Crippen molar-refractivity contribution < 1.29 is 9.31 Å². The third-order valence-electron chi connectivity index (χ3n) is 3.79. The summed E-state index contributed by atoms with van der Waals surface area (Å²) in [6, 6.07) is 4.25. The number of anilines is 1. The van der Waals surface area contributed by atoms with Gasteiger partial charge in [0.1, 0.15) is 0 Å². The van der Waals surface area contributed by atoms with E-state index in [1.807, 2.05) is 0 Å². The molecular weight excluding hydrogens is 261 g/mol. The van der Waals surface area contributed by atoms with Gasteiger partial charge in [-0.2, -0.15) is 0 Å². The topological polar surface area (TPSA) is 58.4 Å². The maximum atomic E-state index is 13.7. The van der Waals surface area contributed by atoms with Gasteiger partial charge in [0, 0.05) is 25.2 Å². The minimum Gasteiger partial charge on any atom is -0.382 e. The lowest BCUT2D eigenvalue weighted by molar-refractivity contribution is -0.385. The van der Waals surface area contributed by atoms with Gasteiger partial charge in [0.2, 0.25) is 0 Å². The molecule has 0 spiro atoms. The summed E-state index contributed by atoms with van der Waals surface area (Å²) in [5, 5.41) is 13.6. The van der Waals surface area contributed by atoms with Gasteiger partial charge >= 0.3 is 0 Å². The smallest absolute Gasteiger partial charge is 0.272 e. The minimum absolute atomic E-state index is 0.222. The summed E-state index contributed by atoms with van der Waals surface area (Å²) in [5.74, 6) is -0.0788. The van der Waals surface area contributed by atoms with Crippen molar-refractivity contribution >= 4 is 11.4 Å². The highest BCUT2D eigenvalue weighted by molar-refractivity contribution is 5.50. The maximum Gasteiger partial charge on any atom is 0.272 e. The van der Waals surface area contributed by atoms with Gasteiger partial charge in [-0.05, 0) is 38.8 Å². The molecule has 0 aromatic heterocycles. The number of likely N-dealkylation sites (tertiary alicyclic amines) is 1. The average molecular weight is 281 g/mol. The van der Waals surface area contributed by atoms with Crippen LogP contribution in [0.2, 0.25) is 0 Å². The number of nitro groups is 1. The quantitative estimate of drug-likeness (QED) is 0.666. The Bertz CT molecular complexity index is 493. The lowest BCUT2D eigenvalue weighted by Gasteiger charge is -2.20. The van der Waals surface area contributed by atoms with Crippen LogP contribution in [-0.4, -0.2) is 35.5 Å². The van der Waals surface area contributed by atoms with Crippen molar-refractivity contribution in [3.05, 3.63) is 34.1 Å². The van der Waals surface area contributed by atoms with E-state index in [0.717, 1.165) is 25.6 Å². The van der Waals surface area contributed by atoms with Crippen molar-refractivity contribution in [3.8, 4) is 0 Å². The molecule has 1 unspecified atom stereocenters. The Morgan fingerprint density at radius 2 is 2.30 bits per heavy atom. The molecular formula is C14H20FN3O2. The molecule has 6 heteroatoms. The van der Waals surface area contributed by atoms with E-state index in [1.54, 1.807) is 0 Å². The van der Waals surface area contributed by atoms with E-state index < -0.39 is 10.7 Å². The lowest BCUT2D eigenvalue weighted by atomic mass is 10.1. The van der Waals surface area contributed by atoms with Crippen molar-refractivity contribution in [1.29, 1.82) is 0 Å². The molecule has 1 N–H and O–H groups in total. The van der Waals surface area contributed by atoms with Gasteiger partial charge in [0.15, 0.2) is 5.82 Å². The molecule has 0 aliphatic carbocycles. The fourth-order valence-electron chi connectivity index (χ4n) is 2.51. The van der Waals surface area contributed by atoms with Crippen molar-refractivity contribution in [2.24, 2.45) is 5.92 Å². The lowest BCUT2D eigenvalue weighted by Crippen LogP contribution is -2.29. The summed E-state index contributed by atoms with van der Waals surface area (Å²) >= 11 is 0. The Morgan fingerprint density at radius 1 is 1.55 bits per heavy atom. The molecule has 1 aliphatic rings. The van der Waals surface area contributed by atoms with Crippen LogP contribution in [0.5, 0.6) is 0 Å². The molecule has 1 aromatic rings. The normalized spacial score (nSPS) is 19.5. The molecule has 2 rings (SSSR count). The van der Waals surface area contributed by atoms with Crippen LogP contribution in [0.25, 0.3) is 0 Å². The molecule has 1 atom stereocenters. The molecule has 5 nitrogen and oxygen atoms in total. The number of hydrogen-bond acceptors (Lipinski definition) is 4. The SMILES string of the molecule is CC(C)N1CCC(CNc2ccc([N+](=O)[O-])cc2F)C1. The van der Waals surface area contributed by atoms with Crippen LogP contribution in [0.1, 0.15) is 20.3 Å². The van der Waals surface area contributed by atoms with E-state index in [9.17, 15) is 14.5 Å². The van der Waals surface area contributed by atoms with E-state index in [1.165, 1.54) is 12.1 Å². The summed E-state index contributed by atoms with van der Waals surface area (Å²) in [5.41, 5.74) is 0.110. The number of benzene rings is 1. The minimum atomic E-state index is -0.593. The Labute approximate surface area is 117 Å². The second-order valence-corrected chi connectivity index (χ2v) is 5.55. The number of halogens is 1. The van der Waals surface area contributed by atoms with Gasteiger partial charge in [-0.15, -0.1) is 0 Å². The van der Waals surface area contributed by atoms with Crippen LogP contribution in [-0.2, 0) is 0 Å². The summed E-state index contributed by atoms with van der Waals surface area (Å²) < 4.78 is 13.7. The molecule has 0 saturated carbocycles. The van der Waals surface area contributed by atoms with E-state index in [4.69, 9.17) is 0 Å². The van der Waals surface area contributed by atoms with Crippen molar-refractivity contribution in [2.45, 2.75) is 26.3 Å². The summed E-state index contributed by atoms with van der Waals surface area (Å²) in [6.07, 6.45) is 1.10. The number of non-ortho nitro benzene ring substituents is 1. The van der Waals surface area contributed by atoms with Gasteiger partial charge < -0.3 is 10.2 Å². The molecule has 1 saturated heterocycles. The van der Waals surface area contributed by atoms with Gasteiger partial charge in [-0.25, -0.2) is 4.39 Å². The number of hydrogen-bond donors (Lipinski definition) is 1. The van der Waals surface area contributed by atoms with E-state index in [2.05, 4.69) is 24.1 Å². The first-order valence-corrected chi connectivity index (χ1v) is 6.89. The van der Waals surface area contributed by atoms with Crippen LogP contribution >= 0.6 is 0 Å². The molecule has 1 aliphatic heterocycles. The van der Waals surface area contributed by atoms with E-state index in [0.29, 0.717) is 24.2 Å². The largest absolute Gasteiger partial charge is 0.382 e. The number of nitrogens with one attached hydrogen (secondary N) is 1. The van der Waals surface area contributed by atoms with Crippen LogP contribution in [0.4, 0.5) is 15.8 Å². The molecule has 0 bridgehead atoms. The van der Waals surface area contributed by atoms with Crippen LogP contribution < -0.4 is 5.32 Å². The number of nitrogens with zero attached hydrogens (tertiary/aromatic N) is 2. The summed E-state index contributed by atoms with van der Waals surface area (Å²) in [4.78, 5) is 12.4. The van der Waals surface area contributed by atoms with E-state index >= 15 is 0 Å². The van der Waals surface area contributed by atoms with Crippen molar-refractivity contribution in [2.75, 3.05) is 25.0 Å². The summed E-state index contributed by atoms with van der Waals surface area (Å²) in [6.45, 7) is 7.13. The Kier molecular flexibility index (Phi) is 4.54. The Balaban J connectivity index is 1.90. The highest BCUT2D eigenvalue weighted by atomic mass is 19.1. The maximum absolute atomic E-state index is 13.7. The molecule has 110 valence electrons. The fraction of sp³-hybridized carbons (Fsp3) is 0.571. The van der Waals surface area contributed by atoms with Crippen LogP contribution in [0, 0.1) is 21.8 Å². The second kappa shape index (κ2) is 6.17. The molecule has 0 amide bonds. The Morgan fingerprint density at radius 3 is 2.85 bits per heavy atom. The highest BCUT2D eigenvalue weighted by Crippen LogP contribution is 2.23. The molecule has 1 aromatic carbocycles. The third-order valence-corrected chi connectivity index (χ3v) is 3.79. The zero-order chi connectivity index (χ0) is 14.7. The predicted molar refractivity (Wildman–Crippen MR) is 76.4 cm³/mol.